The minimum atomic E-state index is -0.448. The van der Waals surface area contributed by atoms with Gasteiger partial charge in [0.25, 0.3) is 0 Å². The number of rotatable bonds is 2. The van der Waals surface area contributed by atoms with Crippen molar-refractivity contribution in [3.63, 3.8) is 0 Å². The Bertz CT molecular complexity index is 176. The van der Waals surface area contributed by atoms with Gasteiger partial charge in [0.15, 0.2) is 0 Å². The standard InChI is InChI=1S/C9H18N2O2/c1-8(12)7-10(2)9(13)11-5-3-4-6-11/h8,12H,3-7H2,1-2H3. The van der Waals surface area contributed by atoms with Gasteiger partial charge in [0.2, 0.25) is 0 Å². The van der Waals surface area contributed by atoms with Gasteiger partial charge in [-0.25, -0.2) is 4.79 Å². The van der Waals surface area contributed by atoms with Gasteiger partial charge in [-0.15, -0.1) is 0 Å². The fourth-order valence-electron chi connectivity index (χ4n) is 1.62. The molecular weight excluding hydrogens is 168 g/mol. The van der Waals surface area contributed by atoms with Crippen molar-refractivity contribution in [1.82, 2.24) is 9.80 Å². The fraction of sp³-hybridized carbons (Fsp3) is 0.889. The number of aliphatic hydroxyl groups excluding tert-OH is 1. The van der Waals surface area contributed by atoms with Gasteiger partial charge >= 0.3 is 6.03 Å². The number of urea groups is 1. The molecule has 0 aromatic heterocycles. The Morgan fingerprint density at radius 3 is 2.54 bits per heavy atom. The van der Waals surface area contributed by atoms with E-state index in [-0.39, 0.29) is 6.03 Å². The van der Waals surface area contributed by atoms with Gasteiger partial charge in [-0.05, 0) is 19.8 Å². The van der Waals surface area contributed by atoms with E-state index in [4.69, 9.17) is 5.11 Å². The molecule has 0 aromatic rings. The molecule has 0 bridgehead atoms. The van der Waals surface area contributed by atoms with E-state index < -0.39 is 6.10 Å². The lowest BCUT2D eigenvalue weighted by atomic mass is 10.4. The number of nitrogens with zero attached hydrogens (tertiary/aromatic N) is 2. The van der Waals surface area contributed by atoms with Crippen LogP contribution in [0.2, 0.25) is 0 Å². The summed E-state index contributed by atoms with van der Waals surface area (Å²) in [6.07, 6.45) is 1.76. The van der Waals surface area contributed by atoms with Gasteiger partial charge in [0.05, 0.1) is 6.10 Å². The van der Waals surface area contributed by atoms with Gasteiger partial charge in [-0.3, -0.25) is 0 Å². The van der Waals surface area contributed by atoms with Crippen molar-refractivity contribution < 1.29 is 9.90 Å². The lowest BCUT2D eigenvalue weighted by Crippen LogP contribution is -2.42. The van der Waals surface area contributed by atoms with Gasteiger partial charge in [-0.1, -0.05) is 0 Å². The van der Waals surface area contributed by atoms with Crippen LogP contribution in [0.25, 0.3) is 0 Å². The zero-order chi connectivity index (χ0) is 9.84. The van der Waals surface area contributed by atoms with Crippen LogP contribution < -0.4 is 0 Å². The SMILES string of the molecule is CC(O)CN(C)C(=O)N1CCCC1. The van der Waals surface area contributed by atoms with Crippen LogP contribution in [-0.4, -0.2) is 53.7 Å². The number of carbonyl (C=O) groups is 1. The highest BCUT2D eigenvalue weighted by atomic mass is 16.3. The quantitative estimate of drug-likeness (QED) is 0.683. The van der Waals surface area contributed by atoms with E-state index >= 15 is 0 Å². The summed E-state index contributed by atoms with van der Waals surface area (Å²) in [6.45, 7) is 3.83. The average molecular weight is 186 g/mol. The average Bonchev–Trinajstić information content (AvgIpc) is 2.53. The van der Waals surface area contributed by atoms with E-state index in [1.807, 2.05) is 4.90 Å². The molecule has 1 N–H and O–H groups in total. The highest BCUT2D eigenvalue weighted by molar-refractivity contribution is 5.74. The summed E-state index contributed by atoms with van der Waals surface area (Å²) in [5.41, 5.74) is 0. The number of hydrogen-bond donors (Lipinski definition) is 1. The molecular formula is C9H18N2O2. The van der Waals surface area contributed by atoms with Crippen molar-refractivity contribution in [2.75, 3.05) is 26.7 Å². The summed E-state index contributed by atoms with van der Waals surface area (Å²) in [6, 6.07) is 0.0402. The van der Waals surface area contributed by atoms with Gasteiger partial charge < -0.3 is 14.9 Å². The normalized spacial score (nSPS) is 18.8. The maximum Gasteiger partial charge on any atom is 0.319 e. The number of aliphatic hydroxyl groups is 1. The van der Waals surface area contributed by atoms with Crippen molar-refractivity contribution >= 4 is 6.03 Å². The minimum absolute atomic E-state index is 0.0402. The van der Waals surface area contributed by atoms with E-state index in [2.05, 4.69) is 0 Å². The second-order valence-electron chi connectivity index (χ2n) is 3.71. The molecule has 0 saturated carbocycles. The van der Waals surface area contributed by atoms with Gasteiger partial charge in [-0.2, -0.15) is 0 Å². The van der Waals surface area contributed by atoms with Crippen LogP contribution in [0.15, 0.2) is 0 Å². The van der Waals surface area contributed by atoms with Crippen LogP contribution in [0.3, 0.4) is 0 Å². The first-order valence-corrected chi connectivity index (χ1v) is 4.79. The number of hydrogen-bond acceptors (Lipinski definition) is 2. The predicted octanol–water partition coefficient (Wildman–Crippen LogP) is 0.515. The predicted molar refractivity (Wildman–Crippen MR) is 50.5 cm³/mol. The van der Waals surface area contributed by atoms with E-state index in [1.54, 1.807) is 18.9 Å². The van der Waals surface area contributed by atoms with E-state index in [1.165, 1.54) is 0 Å². The van der Waals surface area contributed by atoms with Crippen molar-refractivity contribution in [2.45, 2.75) is 25.9 Å². The molecule has 1 saturated heterocycles. The molecule has 4 heteroatoms. The Balaban J connectivity index is 2.36. The molecule has 1 fully saturated rings. The number of likely N-dealkylation sites (tertiary alicyclic amines) is 1. The van der Waals surface area contributed by atoms with Crippen molar-refractivity contribution in [2.24, 2.45) is 0 Å². The van der Waals surface area contributed by atoms with Crippen LogP contribution in [0.5, 0.6) is 0 Å². The molecule has 4 nitrogen and oxygen atoms in total. The van der Waals surface area contributed by atoms with Gasteiger partial charge in [0.1, 0.15) is 0 Å². The summed E-state index contributed by atoms with van der Waals surface area (Å²) in [5.74, 6) is 0. The second kappa shape index (κ2) is 4.46. The Morgan fingerprint density at radius 1 is 1.54 bits per heavy atom. The topological polar surface area (TPSA) is 43.8 Å². The van der Waals surface area contributed by atoms with E-state index in [9.17, 15) is 4.79 Å². The summed E-state index contributed by atoms with van der Waals surface area (Å²) < 4.78 is 0. The Labute approximate surface area is 79.1 Å². The largest absolute Gasteiger partial charge is 0.392 e. The third-order valence-corrected chi connectivity index (χ3v) is 2.24. The molecule has 0 aromatic carbocycles. The first kappa shape index (κ1) is 10.3. The summed E-state index contributed by atoms with van der Waals surface area (Å²) in [5, 5.41) is 9.10. The van der Waals surface area contributed by atoms with Crippen LogP contribution >= 0.6 is 0 Å². The molecule has 1 aliphatic rings. The zero-order valence-electron chi connectivity index (χ0n) is 8.36. The highest BCUT2D eigenvalue weighted by Crippen LogP contribution is 2.09. The number of carbonyl (C=O) groups excluding carboxylic acids is 1. The molecule has 76 valence electrons. The van der Waals surface area contributed by atoms with Gasteiger partial charge in [0, 0.05) is 26.7 Å². The first-order valence-electron chi connectivity index (χ1n) is 4.79. The van der Waals surface area contributed by atoms with E-state index in [0.29, 0.717) is 6.54 Å². The van der Waals surface area contributed by atoms with Crippen molar-refractivity contribution in [3.05, 3.63) is 0 Å². The molecule has 13 heavy (non-hydrogen) atoms. The van der Waals surface area contributed by atoms with E-state index in [0.717, 1.165) is 25.9 Å². The van der Waals surface area contributed by atoms with Crippen molar-refractivity contribution in [1.29, 1.82) is 0 Å². The number of likely N-dealkylation sites (N-methyl/N-ethyl adjacent to an activating group) is 1. The van der Waals surface area contributed by atoms with Crippen LogP contribution in [0.4, 0.5) is 4.79 Å². The van der Waals surface area contributed by atoms with Crippen LogP contribution in [-0.2, 0) is 0 Å². The Hall–Kier alpha value is -0.770. The lowest BCUT2D eigenvalue weighted by molar-refractivity contribution is 0.127. The summed E-state index contributed by atoms with van der Waals surface area (Å²) >= 11 is 0. The molecule has 0 spiro atoms. The number of amides is 2. The minimum Gasteiger partial charge on any atom is -0.392 e. The van der Waals surface area contributed by atoms with Crippen LogP contribution in [0, 0.1) is 0 Å². The zero-order valence-corrected chi connectivity index (χ0v) is 8.36. The second-order valence-corrected chi connectivity index (χ2v) is 3.71. The molecule has 1 heterocycles. The summed E-state index contributed by atoms with van der Waals surface area (Å²) in [4.78, 5) is 15.0. The molecule has 0 aliphatic carbocycles. The summed E-state index contributed by atoms with van der Waals surface area (Å²) in [7, 11) is 1.73. The molecule has 2 amide bonds. The third kappa shape index (κ3) is 2.88. The highest BCUT2D eigenvalue weighted by Gasteiger charge is 2.21. The molecule has 1 unspecified atom stereocenters. The monoisotopic (exact) mass is 186 g/mol. The lowest BCUT2D eigenvalue weighted by Gasteiger charge is -2.25. The first-order chi connectivity index (χ1) is 6.11. The third-order valence-electron chi connectivity index (χ3n) is 2.24. The molecule has 1 atom stereocenters. The van der Waals surface area contributed by atoms with Crippen LogP contribution in [0.1, 0.15) is 19.8 Å². The Morgan fingerprint density at radius 2 is 2.08 bits per heavy atom. The molecule has 0 radical (unpaired) electrons. The Kier molecular flexibility index (Phi) is 3.54. The maximum atomic E-state index is 11.6. The molecule has 1 rings (SSSR count). The smallest absolute Gasteiger partial charge is 0.319 e. The van der Waals surface area contributed by atoms with Crippen molar-refractivity contribution in [3.8, 4) is 0 Å². The molecule has 1 aliphatic heterocycles. The fourth-order valence-corrected chi connectivity index (χ4v) is 1.62. The maximum absolute atomic E-state index is 11.6.